The van der Waals surface area contributed by atoms with Gasteiger partial charge in [-0.1, -0.05) is 60.7 Å². The molecule has 2 aromatic carbocycles. The zero-order chi connectivity index (χ0) is 25.5. The van der Waals surface area contributed by atoms with Crippen LogP contribution >= 0.6 is 0 Å². The number of carbonyl (C=O) groups is 1. The van der Waals surface area contributed by atoms with Gasteiger partial charge in [0.1, 0.15) is 0 Å². The highest BCUT2D eigenvalue weighted by Crippen LogP contribution is 2.22. The topological polar surface area (TPSA) is 93.5 Å². The Morgan fingerprint density at radius 1 is 1.11 bits per heavy atom. The smallest absolute Gasteiger partial charge is 0.318 e. The van der Waals surface area contributed by atoms with E-state index in [1.54, 1.807) is 27.8 Å². The Kier molecular flexibility index (Phi) is 8.43. The molecule has 1 unspecified atom stereocenters. The molecule has 1 atom stereocenters. The van der Waals surface area contributed by atoms with Crippen LogP contribution in [0.4, 0.5) is 4.79 Å². The lowest BCUT2D eigenvalue weighted by Crippen LogP contribution is -2.45. The van der Waals surface area contributed by atoms with Gasteiger partial charge in [0.05, 0.1) is 36.8 Å². The first-order chi connectivity index (χ1) is 17.3. The number of ether oxygens (including phenoxy) is 1. The molecule has 36 heavy (non-hydrogen) atoms. The number of hydrogen-bond acceptors (Lipinski definition) is 5. The van der Waals surface area contributed by atoms with Crippen LogP contribution in [0, 0.1) is 0 Å². The molecule has 2 heterocycles. The van der Waals surface area contributed by atoms with Crippen LogP contribution in [-0.4, -0.2) is 54.2 Å². The van der Waals surface area contributed by atoms with E-state index < -0.39 is 9.84 Å². The predicted molar refractivity (Wildman–Crippen MR) is 138 cm³/mol. The molecule has 192 valence electrons. The van der Waals surface area contributed by atoms with E-state index in [9.17, 15) is 13.2 Å². The van der Waals surface area contributed by atoms with Gasteiger partial charge < -0.3 is 19.5 Å². The Morgan fingerprint density at radius 3 is 2.39 bits per heavy atom. The fourth-order valence-electron chi connectivity index (χ4n) is 4.35. The SMILES string of the molecule is CC(C)NC(=O)N(Cc1cnc(S(=O)(=O)Cc2ccccc2)n1Cc1ccccc1)CC1CCCO1. The summed E-state index contributed by atoms with van der Waals surface area (Å²) in [5.41, 5.74) is 2.30. The molecule has 0 bridgehead atoms. The first kappa shape index (κ1) is 25.9. The molecular formula is C27H34N4O4S. The van der Waals surface area contributed by atoms with Crippen molar-refractivity contribution < 1.29 is 17.9 Å². The fourth-order valence-corrected chi connectivity index (χ4v) is 5.84. The minimum Gasteiger partial charge on any atom is -0.376 e. The van der Waals surface area contributed by atoms with Crippen molar-refractivity contribution in [3.8, 4) is 0 Å². The van der Waals surface area contributed by atoms with Crippen molar-refractivity contribution in [1.82, 2.24) is 19.8 Å². The van der Waals surface area contributed by atoms with Gasteiger partial charge in [-0.15, -0.1) is 0 Å². The molecule has 2 amide bonds. The molecule has 1 aromatic heterocycles. The standard InChI is InChI=1S/C27H34N4O4S/c1-21(2)29-26(32)30(19-25-14-9-15-35-25)18-24-16-28-27(31(24)17-22-10-5-3-6-11-22)36(33,34)20-23-12-7-4-8-13-23/h3-8,10-13,16,21,25H,9,14-15,17-20H2,1-2H3,(H,29,32). The summed E-state index contributed by atoms with van der Waals surface area (Å²) in [4.78, 5) is 19.1. The normalized spacial score (nSPS) is 15.8. The maximum absolute atomic E-state index is 13.5. The Balaban J connectivity index is 1.67. The van der Waals surface area contributed by atoms with Gasteiger partial charge in [0.15, 0.2) is 0 Å². The third-order valence-electron chi connectivity index (χ3n) is 6.06. The fraction of sp³-hybridized carbons (Fsp3) is 0.407. The maximum Gasteiger partial charge on any atom is 0.318 e. The zero-order valence-corrected chi connectivity index (χ0v) is 21.7. The molecule has 1 aliphatic rings. The molecule has 0 aliphatic carbocycles. The second kappa shape index (κ2) is 11.7. The number of amides is 2. The van der Waals surface area contributed by atoms with Gasteiger partial charge in [0.25, 0.3) is 0 Å². The highest BCUT2D eigenvalue weighted by molar-refractivity contribution is 7.90. The summed E-state index contributed by atoms with van der Waals surface area (Å²) < 4.78 is 34.5. The van der Waals surface area contributed by atoms with Gasteiger partial charge in [-0.25, -0.2) is 18.2 Å². The predicted octanol–water partition coefficient (Wildman–Crippen LogP) is 4.00. The monoisotopic (exact) mass is 510 g/mol. The molecule has 3 aromatic rings. The molecule has 9 heteroatoms. The van der Waals surface area contributed by atoms with Gasteiger partial charge in [-0.3, -0.25) is 0 Å². The third kappa shape index (κ3) is 6.73. The lowest BCUT2D eigenvalue weighted by atomic mass is 10.2. The Hall–Kier alpha value is -3.17. The minimum absolute atomic E-state index is 0.00606. The largest absolute Gasteiger partial charge is 0.376 e. The van der Waals surface area contributed by atoms with Gasteiger partial charge in [0, 0.05) is 19.2 Å². The van der Waals surface area contributed by atoms with Crippen molar-refractivity contribution in [1.29, 1.82) is 0 Å². The minimum atomic E-state index is -3.73. The van der Waals surface area contributed by atoms with E-state index in [4.69, 9.17) is 4.74 Å². The Bertz CT molecular complexity index is 1240. The van der Waals surface area contributed by atoms with E-state index in [2.05, 4.69) is 10.3 Å². The molecule has 0 saturated carbocycles. The van der Waals surface area contributed by atoms with Gasteiger partial charge in [0.2, 0.25) is 15.0 Å². The number of aromatic nitrogens is 2. The number of nitrogens with one attached hydrogen (secondary N) is 1. The van der Waals surface area contributed by atoms with E-state index in [-0.39, 0.29) is 35.6 Å². The van der Waals surface area contributed by atoms with E-state index in [0.717, 1.165) is 18.4 Å². The summed E-state index contributed by atoms with van der Waals surface area (Å²) in [6, 6.07) is 18.5. The van der Waals surface area contributed by atoms with Crippen LogP contribution in [0.25, 0.3) is 0 Å². The van der Waals surface area contributed by atoms with E-state index in [0.29, 0.717) is 31.0 Å². The lowest BCUT2D eigenvalue weighted by Gasteiger charge is -2.27. The molecule has 1 N–H and O–H groups in total. The summed E-state index contributed by atoms with van der Waals surface area (Å²) in [6.45, 7) is 5.50. The second-order valence-corrected chi connectivity index (χ2v) is 11.4. The third-order valence-corrected chi connectivity index (χ3v) is 7.66. The zero-order valence-electron chi connectivity index (χ0n) is 20.8. The van der Waals surface area contributed by atoms with Crippen LogP contribution < -0.4 is 5.32 Å². The number of imidazole rings is 1. The highest BCUT2D eigenvalue weighted by Gasteiger charge is 2.28. The Labute approximate surface area is 213 Å². The lowest BCUT2D eigenvalue weighted by molar-refractivity contribution is 0.0785. The number of nitrogens with zero attached hydrogens (tertiary/aromatic N) is 3. The molecule has 1 fully saturated rings. The van der Waals surface area contributed by atoms with Crippen LogP contribution in [0.5, 0.6) is 0 Å². The van der Waals surface area contributed by atoms with Gasteiger partial charge in [-0.05, 0) is 37.8 Å². The summed E-state index contributed by atoms with van der Waals surface area (Å²) in [5.74, 6) is -0.146. The molecule has 0 radical (unpaired) electrons. The van der Waals surface area contributed by atoms with Crippen molar-refractivity contribution >= 4 is 15.9 Å². The van der Waals surface area contributed by atoms with Crippen LogP contribution in [0.15, 0.2) is 72.0 Å². The summed E-state index contributed by atoms with van der Waals surface area (Å²) in [7, 11) is -3.73. The number of carbonyl (C=O) groups excluding carboxylic acids is 1. The first-order valence-electron chi connectivity index (χ1n) is 12.3. The van der Waals surface area contributed by atoms with Crippen LogP contribution in [0.1, 0.15) is 43.5 Å². The molecule has 0 spiro atoms. The maximum atomic E-state index is 13.5. The van der Waals surface area contributed by atoms with Crippen LogP contribution in [0.2, 0.25) is 0 Å². The van der Waals surface area contributed by atoms with Crippen molar-refractivity contribution in [2.24, 2.45) is 0 Å². The number of sulfone groups is 1. The van der Waals surface area contributed by atoms with Crippen LogP contribution in [-0.2, 0) is 33.4 Å². The molecule has 4 rings (SSSR count). The highest BCUT2D eigenvalue weighted by atomic mass is 32.2. The molecule has 8 nitrogen and oxygen atoms in total. The second-order valence-electron chi connectivity index (χ2n) is 9.47. The summed E-state index contributed by atoms with van der Waals surface area (Å²) in [6.07, 6.45) is 3.41. The summed E-state index contributed by atoms with van der Waals surface area (Å²) >= 11 is 0. The van der Waals surface area contributed by atoms with Crippen molar-refractivity contribution in [3.05, 3.63) is 83.7 Å². The summed E-state index contributed by atoms with van der Waals surface area (Å²) in [5, 5.41) is 2.97. The molecule has 1 aliphatic heterocycles. The molecular weight excluding hydrogens is 476 g/mol. The molecule has 1 saturated heterocycles. The van der Waals surface area contributed by atoms with Gasteiger partial charge >= 0.3 is 6.03 Å². The average molecular weight is 511 g/mol. The van der Waals surface area contributed by atoms with Crippen LogP contribution in [0.3, 0.4) is 0 Å². The average Bonchev–Trinajstić information content (AvgIpc) is 3.50. The number of rotatable bonds is 10. The quantitative estimate of drug-likeness (QED) is 0.445. The van der Waals surface area contributed by atoms with E-state index >= 15 is 0 Å². The van der Waals surface area contributed by atoms with Crippen molar-refractivity contribution in [2.45, 2.75) is 62.8 Å². The van der Waals surface area contributed by atoms with E-state index in [1.807, 2.05) is 62.4 Å². The van der Waals surface area contributed by atoms with Crippen molar-refractivity contribution in [2.75, 3.05) is 13.2 Å². The first-order valence-corrected chi connectivity index (χ1v) is 14.0. The van der Waals surface area contributed by atoms with Gasteiger partial charge in [-0.2, -0.15) is 0 Å². The Morgan fingerprint density at radius 2 is 1.78 bits per heavy atom. The number of hydrogen-bond donors (Lipinski definition) is 1. The van der Waals surface area contributed by atoms with E-state index in [1.165, 1.54) is 0 Å². The number of urea groups is 1. The number of benzene rings is 2. The van der Waals surface area contributed by atoms with Crippen molar-refractivity contribution in [3.63, 3.8) is 0 Å².